The van der Waals surface area contributed by atoms with Crippen LogP contribution in [0.1, 0.15) is 27.7 Å². The Morgan fingerprint density at radius 2 is 1.71 bits per heavy atom. The van der Waals surface area contributed by atoms with E-state index in [4.69, 9.17) is 0 Å². The molecular formula is C13H31N3O. The second-order valence-electron chi connectivity index (χ2n) is 5.42. The molecule has 17 heavy (non-hydrogen) atoms. The Morgan fingerprint density at radius 3 is 2.12 bits per heavy atom. The normalized spacial score (nSPS) is 15.9. The van der Waals surface area contributed by atoms with Crippen LogP contribution in [0.2, 0.25) is 0 Å². The van der Waals surface area contributed by atoms with Crippen LogP contribution in [0.5, 0.6) is 0 Å². The molecular weight excluding hydrogens is 214 g/mol. The predicted molar refractivity (Wildman–Crippen MR) is 74.4 cm³/mol. The Morgan fingerprint density at radius 1 is 1.12 bits per heavy atom. The van der Waals surface area contributed by atoms with Gasteiger partial charge in [-0.25, -0.2) is 0 Å². The lowest BCUT2D eigenvalue weighted by molar-refractivity contribution is 0.0841. The van der Waals surface area contributed by atoms with E-state index in [9.17, 15) is 5.11 Å². The first-order valence-electron chi connectivity index (χ1n) is 6.67. The average Bonchev–Trinajstić information content (AvgIpc) is 2.21. The number of nitrogens with one attached hydrogen (secondary N) is 1. The fraction of sp³-hybridized carbons (Fsp3) is 1.00. The third-order valence-corrected chi connectivity index (χ3v) is 2.87. The molecule has 2 N–H and O–H groups in total. The fourth-order valence-electron chi connectivity index (χ4n) is 1.97. The molecule has 0 amide bonds. The second kappa shape index (κ2) is 8.86. The van der Waals surface area contributed by atoms with Gasteiger partial charge in [-0.2, -0.15) is 0 Å². The van der Waals surface area contributed by atoms with Gasteiger partial charge in [0.15, 0.2) is 0 Å². The van der Waals surface area contributed by atoms with Crippen molar-refractivity contribution in [3.05, 3.63) is 0 Å². The molecule has 4 heteroatoms. The van der Waals surface area contributed by atoms with Crippen LogP contribution in [0, 0.1) is 0 Å². The molecule has 0 aliphatic rings. The van der Waals surface area contributed by atoms with Gasteiger partial charge in [-0.15, -0.1) is 0 Å². The molecule has 0 saturated heterocycles. The minimum absolute atomic E-state index is 0.290. The summed E-state index contributed by atoms with van der Waals surface area (Å²) >= 11 is 0. The Hall–Kier alpha value is -0.160. The summed E-state index contributed by atoms with van der Waals surface area (Å²) in [5.74, 6) is 0. The van der Waals surface area contributed by atoms with Crippen molar-refractivity contribution in [1.29, 1.82) is 0 Å². The van der Waals surface area contributed by atoms with E-state index < -0.39 is 0 Å². The van der Waals surface area contributed by atoms with Crippen LogP contribution in [-0.4, -0.2) is 73.4 Å². The van der Waals surface area contributed by atoms with Gasteiger partial charge in [0.2, 0.25) is 0 Å². The van der Waals surface area contributed by atoms with Crippen molar-refractivity contribution >= 4 is 0 Å². The molecule has 0 radical (unpaired) electrons. The highest BCUT2D eigenvalue weighted by Gasteiger charge is 2.16. The maximum absolute atomic E-state index is 9.96. The summed E-state index contributed by atoms with van der Waals surface area (Å²) in [6.07, 6.45) is -0.290. The number of nitrogens with zero attached hydrogens (tertiary/aromatic N) is 2. The Kier molecular flexibility index (Phi) is 8.78. The van der Waals surface area contributed by atoms with E-state index in [1.165, 1.54) is 0 Å². The summed E-state index contributed by atoms with van der Waals surface area (Å²) in [6.45, 7) is 12.0. The van der Waals surface area contributed by atoms with Crippen molar-refractivity contribution in [2.75, 3.05) is 40.3 Å². The minimum Gasteiger partial charge on any atom is -0.390 e. The lowest BCUT2D eigenvalue weighted by Gasteiger charge is -2.31. The van der Waals surface area contributed by atoms with Gasteiger partial charge >= 0.3 is 0 Å². The molecule has 0 aromatic rings. The van der Waals surface area contributed by atoms with Gasteiger partial charge in [0.25, 0.3) is 0 Å². The van der Waals surface area contributed by atoms with Crippen molar-refractivity contribution in [2.24, 2.45) is 0 Å². The molecule has 0 aromatic heterocycles. The number of hydrogen-bond donors (Lipinski definition) is 2. The molecule has 0 saturated carbocycles. The van der Waals surface area contributed by atoms with E-state index in [0.717, 1.165) is 19.6 Å². The van der Waals surface area contributed by atoms with Crippen LogP contribution in [0.25, 0.3) is 0 Å². The van der Waals surface area contributed by atoms with Gasteiger partial charge in [0, 0.05) is 31.7 Å². The molecule has 2 unspecified atom stereocenters. The lowest BCUT2D eigenvalue weighted by Crippen LogP contribution is -2.46. The largest absolute Gasteiger partial charge is 0.390 e. The Bertz CT molecular complexity index is 186. The average molecular weight is 245 g/mol. The van der Waals surface area contributed by atoms with E-state index in [2.05, 4.69) is 56.9 Å². The first kappa shape index (κ1) is 16.8. The predicted octanol–water partition coefficient (Wildman–Crippen LogP) is 0.617. The lowest BCUT2D eigenvalue weighted by atomic mass is 10.2. The van der Waals surface area contributed by atoms with Gasteiger partial charge in [0.05, 0.1) is 6.10 Å². The van der Waals surface area contributed by atoms with Crippen molar-refractivity contribution in [3.8, 4) is 0 Å². The number of likely N-dealkylation sites (N-methyl/N-ethyl adjacent to an activating group) is 2. The first-order valence-corrected chi connectivity index (χ1v) is 6.67. The van der Waals surface area contributed by atoms with E-state index in [-0.39, 0.29) is 6.10 Å². The maximum atomic E-state index is 9.96. The van der Waals surface area contributed by atoms with Gasteiger partial charge in [0.1, 0.15) is 0 Å². The Balaban J connectivity index is 4.01. The zero-order chi connectivity index (χ0) is 13.4. The van der Waals surface area contributed by atoms with Gasteiger partial charge in [-0.3, -0.25) is 4.90 Å². The van der Waals surface area contributed by atoms with Gasteiger partial charge in [-0.05, 0) is 27.6 Å². The van der Waals surface area contributed by atoms with E-state index >= 15 is 0 Å². The van der Waals surface area contributed by atoms with Crippen LogP contribution in [0.15, 0.2) is 0 Å². The summed E-state index contributed by atoms with van der Waals surface area (Å²) in [4.78, 5) is 4.51. The molecule has 0 aromatic carbocycles. The van der Waals surface area contributed by atoms with Crippen LogP contribution < -0.4 is 5.32 Å². The van der Waals surface area contributed by atoms with Crippen LogP contribution >= 0.6 is 0 Å². The molecule has 104 valence electrons. The summed E-state index contributed by atoms with van der Waals surface area (Å²) < 4.78 is 0. The maximum Gasteiger partial charge on any atom is 0.0791 e. The van der Waals surface area contributed by atoms with E-state index in [1.54, 1.807) is 0 Å². The van der Waals surface area contributed by atoms with Crippen LogP contribution in [0.3, 0.4) is 0 Å². The molecule has 2 atom stereocenters. The van der Waals surface area contributed by atoms with E-state index in [1.807, 2.05) is 0 Å². The number of hydrogen-bond acceptors (Lipinski definition) is 4. The minimum atomic E-state index is -0.290. The molecule has 0 rings (SSSR count). The molecule has 0 aliphatic carbocycles. The quantitative estimate of drug-likeness (QED) is 0.624. The van der Waals surface area contributed by atoms with Crippen LogP contribution in [-0.2, 0) is 0 Å². The molecule has 0 fully saturated rings. The highest BCUT2D eigenvalue weighted by Crippen LogP contribution is 2.02. The van der Waals surface area contributed by atoms with Crippen molar-refractivity contribution in [1.82, 2.24) is 15.1 Å². The molecule has 0 spiro atoms. The topological polar surface area (TPSA) is 38.7 Å². The number of aliphatic hydroxyl groups is 1. The Labute approximate surface area is 107 Å². The smallest absolute Gasteiger partial charge is 0.0791 e. The van der Waals surface area contributed by atoms with Gasteiger partial charge < -0.3 is 15.3 Å². The summed E-state index contributed by atoms with van der Waals surface area (Å²) in [5, 5.41) is 13.2. The molecule has 4 nitrogen and oxygen atoms in total. The zero-order valence-corrected chi connectivity index (χ0v) is 12.4. The summed E-state index contributed by atoms with van der Waals surface area (Å²) in [5.41, 5.74) is 0. The fourth-order valence-corrected chi connectivity index (χ4v) is 1.97. The number of aliphatic hydroxyl groups excluding tert-OH is 1. The van der Waals surface area contributed by atoms with Crippen molar-refractivity contribution in [3.63, 3.8) is 0 Å². The highest BCUT2D eigenvalue weighted by molar-refractivity contribution is 4.73. The SMILES string of the molecule is CCN(CC(O)CNC(C)C)C(C)CN(C)C. The number of rotatable bonds is 9. The first-order chi connectivity index (χ1) is 7.86. The molecule has 0 bridgehead atoms. The third-order valence-electron chi connectivity index (χ3n) is 2.87. The van der Waals surface area contributed by atoms with Crippen molar-refractivity contribution in [2.45, 2.75) is 45.9 Å². The monoisotopic (exact) mass is 245 g/mol. The third kappa shape index (κ3) is 8.55. The standard InChI is InChI=1S/C13H31N3O/c1-7-16(12(4)9-15(5)6)10-13(17)8-14-11(2)3/h11-14,17H,7-10H2,1-6H3. The molecule has 0 heterocycles. The molecule has 0 aliphatic heterocycles. The zero-order valence-electron chi connectivity index (χ0n) is 12.4. The van der Waals surface area contributed by atoms with Crippen LogP contribution in [0.4, 0.5) is 0 Å². The van der Waals surface area contributed by atoms with E-state index in [0.29, 0.717) is 18.6 Å². The summed E-state index contributed by atoms with van der Waals surface area (Å²) in [6, 6.07) is 0.905. The van der Waals surface area contributed by atoms with Crippen molar-refractivity contribution < 1.29 is 5.11 Å². The van der Waals surface area contributed by atoms with Gasteiger partial charge in [-0.1, -0.05) is 20.8 Å². The highest BCUT2D eigenvalue weighted by atomic mass is 16.3. The summed E-state index contributed by atoms with van der Waals surface area (Å²) in [7, 11) is 4.17. The second-order valence-corrected chi connectivity index (χ2v) is 5.42.